The number of rotatable bonds is 5. The molecule has 1 rings (SSSR count). The van der Waals surface area contributed by atoms with Gasteiger partial charge in [0, 0.05) is 0 Å². The number of Topliss-reactive ketones (excluding diaryl/α,β-unsaturated/α-hetero) is 2. The van der Waals surface area contributed by atoms with Crippen LogP contribution in [0.2, 0.25) is 0 Å². The Morgan fingerprint density at radius 2 is 1.53 bits per heavy atom. The zero-order chi connectivity index (χ0) is 13.1. The van der Waals surface area contributed by atoms with Gasteiger partial charge in [0.25, 0.3) is 0 Å². The summed E-state index contributed by atoms with van der Waals surface area (Å²) in [5.41, 5.74) is 0. The zero-order valence-corrected chi connectivity index (χ0v) is 10.5. The molecule has 0 heterocycles. The monoisotopic (exact) mass is 254 g/mol. The number of carbonyl (C=O) groups excluding carboxylic acids is 2. The Hall–Kier alpha value is -1.49. The molecule has 92 valence electrons. The van der Waals surface area contributed by atoms with Gasteiger partial charge in [-0.25, -0.2) is 8.42 Å². The molecule has 17 heavy (non-hydrogen) atoms. The second kappa shape index (κ2) is 5.23. The van der Waals surface area contributed by atoms with Crippen molar-refractivity contribution in [1.82, 2.24) is 0 Å². The van der Waals surface area contributed by atoms with Gasteiger partial charge in [-0.05, 0) is 26.0 Å². The van der Waals surface area contributed by atoms with E-state index in [0.29, 0.717) is 0 Å². The van der Waals surface area contributed by atoms with Gasteiger partial charge in [-0.15, -0.1) is 0 Å². The van der Waals surface area contributed by atoms with Crippen LogP contribution in [-0.2, 0) is 19.4 Å². The van der Waals surface area contributed by atoms with E-state index in [1.807, 2.05) is 0 Å². The second-order valence-corrected chi connectivity index (χ2v) is 5.90. The third-order valence-corrected chi connectivity index (χ3v) is 4.23. The first-order valence-corrected chi connectivity index (χ1v) is 6.78. The molecule has 0 N–H and O–H groups in total. The van der Waals surface area contributed by atoms with E-state index >= 15 is 0 Å². The first-order valence-electron chi connectivity index (χ1n) is 5.13. The second-order valence-electron chi connectivity index (χ2n) is 3.87. The summed E-state index contributed by atoms with van der Waals surface area (Å²) in [5, 5.41) is 0. The van der Waals surface area contributed by atoms with Crippen LogP contribution in [0.15, 0.2) is 35.2 Å². The molecule has 0 unspecified atom stereocenters. The summed E-state index contributed by atoms with van der Waals surface area (Å²) >= 11 is 0. The normalized spacial score (nSPS) is 11.5. The Kier molecular flexibility index (Phi) is 4.17. The molecule has 0 bridgehead atoms. The van der Waals surface area contributed by atoms with E-state index in [1.54, 1.807) is 18.2 Å². The third-order valence-electron chi connectivity index (χ3n) is 2.47. The minimum Gasteiger partial charge on any atom is -0.299 e. The molecule has 0 aliphatic carbocycles. The Labute approximate surface area is 101 Å². The molecule has 0 radical (unpaired) electrons. The molecule has 0 atom stereocenters. The lowest BCUT2D eigenvalue weighted by Crippen LogP contribution is -2.28. The van der Waals surface area contributed by atoms with E-state index in [0.717, 1.165) is 0 Å². The summed E-state index contributed by atoms with van der Waals surface area (Å²) in [6.45, 7) is 2.46. The molecule has 0 aliphatic rings. The maximum Gasteiger partial charge on any atom is 0.179 e. The summed E-state index contributed by atoms with van der Waals surface area (Å²) in [5.74, 6) is -2.36. The van der Waals surface area contributed by atoms with E-state index in [9.17, 15) is 18.0 Å². The fourth-order valence-electron chi connectivity index (χ4n) is 1.46. The highest BCUT2D eigenvalue weighted by Crippen LogP contribution is 2.15. The molecule has 1 aromatic carbocycles. The lowest BCUT2D eigenvalue weighted by Gasteiger charge is -2.10. The predicted molar refractivity (Wildman–Crippen MR) is 63.3 cm³/mol. The van der Waals surface area contributed by atoms with E-state index in [4.69, 9.17) is 0 Å². The maximum absolute atomic E-state index is 11.9. The van der Waals surface area contributed by atoms with E-state index in [1.165, 1.54) is 26.0 Å². The average molecular weight is 254 g/mol. The van der Waals surface area contributed by atoms with Crippen LogP contribution in [0.25, 0.3) is 0 Å². The molecular formula is C12H14O4S. The summed E-state index contributed by atoms with van der Waals surface area (Å²) in [6.07, 6.45) is 0. The smallest absolute Gasteiger partial charge is 0.179 e. The standard InChI is InChI=1S/C12H14O4S/c1-9(13)12(10(2)14)8-17(15,16)11-6-4-3-5-7-11/h3-7,12H,8H2,1-2H3. The lowest BCUT2D eigenvalue weighted by molar-refractivity contribution is -0.129. The van der Waals surface area contributed by atoms with Crippen LogP contribution in [0.3, 0.4) is 0 Å². The van der Waals surface area contributed by atoms with Gasteiger partial charge in [-0.1, -0.05) is 18.2 Å². The predicted octanol–water partition coefficient (Wildman–Crippen LogP) is 1.25. The number of ketones is 2. The number of hydrogen-bond acceptors (Lipinski definition) is 4. The van der Waals surface area contributed by atoms with Crippen molar-refractivity contribution in [3.8, 4) is 0 Å². The fraction of sp³-hybridized carbons (Fsp3) is 0.333. The molecule has 0 fully saturated rings. The van der Waals surface area contributed by atoms with Crippen molar-refractivity contribution in [1.29, 1.82) is 0 Å². The van der Waals surface area contributed by atoms with Crippen LogP contribution in [0, 0.1) is 5.92 Å². The Morgan fingerprint density at radius 1 is 1.06 bits per heavy atom. The van der Waals surface area contributed by atoms with Crippen molar-refractivity contribution in [2.45, 2.75) is 18.7 Å². The lowest BCUT2D eigenvalue weighted by atomic mass is 10.0. The van der Waals surface area contributed by atoms with Crippen LogP contribution in [-0.4, -0.2) is 25.7 Å². The summed E-state index contributed by atoms with van der Waals surface area (Å²) in [4.78, 5) is 22.6. The van der Waals surface area contributed by atoms with E-state index in [2.05, 4.69) is 0 Å². The molecule has 0 aromatic heterocycles. The molecule has 0 saturated carbocycles. The molecule has 0 spiro atoms. The topological polar surface area (TPSA) is 68.3 Å². The Balaban J connectivity index is 3.02. The molecule has 0 aliphatic heterocycles. The van der Waals surface area contributed by atoms with Crippen molar-refractivity contribution >= 4 is 21.4 Å². The Morgan fingerprint density at radius 3 is 1.94 bits per heavy atom. The van der Waals surface area contributed by atoms with Crippen molar-refractivity contribution in [3.63, 3.8) is 0 Å². The fourth-order valence-corrected chi connectivity index (χ4v) is 3.14. The minimum absolute atomic E-state index is 0.132. The number of sulfone groups is 1. The SMILES string of the molecule is CC(=O)C(CS(=O)(=O)c1ccccc1)C(C)=O. The van der Waals surface area contributed by atoms with Crippen molar-refractivity contribution in [2.24, 2.45) is 5.92 Å². The molecule has 5 heteroatoms. The van der Waals surface area contributed by atoms with E-state index in [-0.39, 0.29) is 4.90 Å². The summed E-state index contributed by atoms with van der Waals surface area (Å²) < 4.78 is 23.9. The molecule has 4 nitrogen and oxygen atoms in total. The van der Waals surface area contributed by atoms with Gasteiger partial charge in [-0.3, -0.25) is 9.59 Å². The van der Waals surface area contributed by atoms with Crippen LogP contribution in [0.1, 0.15) is 13.8 Å². The highest BCUT2D eigenvalue weighted by Gasteiger charge is 2.27. The Bertz CT molecular complexity index is 503. The van der Waals surface area contributed by atoms with Crippen LogP contribution in [0.4, 0.5) is 0 Å². The summed E-state index contributed by atoms with van der Waals surface area (Å²) in [7, 11) is -3.59. The molecule has 0 amide bonds. The zero-order valence-electron chi connectivity index (χ0n) is 9.71. The van der Waals surface area contributed by atoms with Crippen molar-refractivity contribution in [2.75, 3.05) is 5.75 Å². The van der Waals surface area contributed by atoms with Crippen molar-refractivity contribution in [3.05, 3.63) is 30.3 Å². The average Bonchev–Trinajstić information content (AvgIpc) is 2.26. The van der Waals surface area contributed by atoms with E-state index < -0.39 is 33.1 Å². The van der Waals surface area contributed by atoms with Gasteiger partial charge in [-0.2, -0.15) is 0 Å². The van der Waals surface area contributed by atoms with Crippen LogP contribution in [0.5, 0.6) is 0 Å². The van der Waals surface area contributed by atoms with Gasteiger partial charge >= 0.3 is 0 Å². The van der Waals surface area contributed by atoms with Gasteiger partial charge in [0.15, 0.2) is 9.84 Å². The van der Waals surface area contributed by atoms with Gasteiger partial charge in [0.05, 0.1) is 16.6 Å². The largest absolute Gasteiger partial charge is 0.299 e. The summed E-state index contributed by atoms with van der Waals surface area (Å²) in [6, 6.07) is 7.80. The van der Waals surface area contributed by atoms with Crippen LogP contribution >= 0.6 is 0 Å². The van der Waals surface area contributed by atoms with Crippen molar-refractivity contribution < 1.29 is 18.0 Å². The molecule has 1 aromatic rings. The van der Waals surface area contributed by atoms with Gasteiger partial charge in [0.1, 0.15) is 11.6 Å². The highest BCUT2D eigenvalue weighted by atomic mass is 32.2. The highest BCUT2D eigenvalue weighted by molar-refractivity contribution is 7.91. The molecule has 0 saturated heterocycles. The van der Waals surface area contributed by atoms with Crippen LogP contribution < -0.4 is 0 Å². The first-order chi connectivity index (χ1) is 7.84. The molecular weight excluding hydrogens is 240 g/mol. The van der Waals surface area contributed by atoms with Gasteiger partial charge in [0.2, 0.25) is 0 Å². The maximum atomic E-state index is 11.9. The minimum atomic E-state index is -3.59. The number of hydrogen-bond donors (Lipinski definition) is 0. The third kappa shape index (κ3) is 3.49. The number of carbonyl (C=O) groups is 2. The quantitative estimate of drug-likeness (QED) is 0.742. The van der Waals surface area contributed by atoms with Gasteiger partial charge < -0.3 is 0 Å². The first kappa shape index (κ1) is 13.6. The number of benzene rings is 1.